The van der Waals surface area contributed by atoms with Crippen LogP contribution in [0.5, 0.6) is 0 Å². The summed E-state index contributed by atoms with van der Waals surface area (Å²) in [5.74, 6) is 0.752. The molecular weight excluding hydrogens is 152 g/mol. The Kier molecular flexibility index (Phi) is 1.77. The molecule has 0 unspecified atom stereocenters. The first-order valence-corrected chi connectivity index (χ1v) is 4.35. The highest BCUT2D eigenvalue weighted by Gasteiger charge is 2.22. The molecule has 1 fully saturated rings. The molecule has 0 saturated heterocycles. The molecule has 0 amide bonds. The van der Waals surface area contributed by atoms with Gasteiger partial charge >= 0.3 is 0 Å². The van der Waals surface area contributed by atoms with Crippen molar-refractivity contribution in [3.63, 3.8) is 0 Å². The average Bonchev–Trinajstić information content (AvgIpc) is 2.30. The van der Waals surface area contributed by atoms with Crippen molar-refractivity contribution >= 4 is 5.82 Å². The van der Waals surface area contributed by atoms with E-state index in [4.69, 9.17) is 11.5 Å². The second kappa shape index (κ2) is 2.79. The molecule has 4 heteroatoms. The van der Waals surface area contributed by atoms with Crippen molar-refractivity contribution in [2.45, 2.75) is 31.8 Å². The Morgan fingerprint density at radius 2 is 2.33 bits per heavy atom. The van der Waals surface area contributed by atoms with Gasteiger partial charge in [-0.25, -0.2) is 4.68 Å². The van der Waals surface area contributed by atoms with Crippen LogP contribution < -0.4 is 11.5 Å². The molecule has 1 aliphatic carbocycles. The molecule has 0 aromatic carbocycles. The molecule has 1 aromatic heterocycles. The smallest absolute Gasteiger partial charge is 0.126 e. The molecule has 0 aliphatic heterocycles. The highest BCUT2D eigenvalue weighted by molar-refractivity contribution is 5.38. The number of rotatable bonds is 2. The lowest BCUT2D eigenvalue weighted by molar-refractivity contribution is 0.293. The van der Waals surface area contributed by atoms with Gasteiger partial charge in [0.2, 0.25) is 0 Å². The lowest BCUT2D eigenvalue weighted by Gasteiger charge is -2.26. The maximum atomic E-state index is 5.84. The zero-order valence-corrected chi connectivity index (χ0v) is 7.03. The molecular formula is C8H14N4. The van der Waals surface area contributed by atoms with Gasteiger partial charge in [-0.3, -0.25) is 0 Å². The van der Waals surface area contributed by atoms with Gasteiger partial charge < -0.3 is 11.5 Å². The largest absolute Gasteiger partial charge is 0.384 e. The van der Waals surface area contributed by atoms with Gasteiger partial charge in [0.05, 0.1) is 12.2 Å². The molecule has 4 N–H and O–H groups in total. The van der Waals surface area contributed by atoms with E-state index in [1.165, 1.54) is 19.3 Å². The van der Waals surface area contributed by atoms with Crippen LogP contribution in [-0.2, 0) is 6.54 Å². The van der Waals surface area contributed by atoms with Gasteiger partial charge in [0.15, 0.2) is 0 Å². The first-order valence-electron chi connectivity index (χ1n) is 4.35. The van der Waals surface area contributed by atoms with Gasteiger partial charge in [0.25, 0.3) is 0 Å². The van der Waals surface area contributed by atoms with Crippen molar-refractivity contribution in [2.24, 2.45) is 5.73 Å². The zero-order valence-electron chi connectivity index (χ0n) is 7.03. The maximum absolute atomic E-state index is 5.84. The van der Waals surface area contributed by atoms with Crippen molar-refractivity contribution in [1.82, 2.24) is 9.78 Å². The van der Waals surface area contributed by atoms with Crippen LogP contribution in [0.1, 0.15) is 30.9 Å². The minimum atomic E-state index is 0.485. The monoisotopic (exact) mass is 166 g/mol. The Morgan fingerprint density at radius 1 is 1.58 bits per heavy atom. The van der Waals surface area contributed by atoms with E-state index in [2.05, 4.69) is 5.10 Å². The van der Waals surface area contributed by atoms with Crippen molar-refractivity contribution in [3.8, 4) is 0 Å². The molecule has 66 valence electrons. The average molecular weight is 166 g/mol. The minimum absolute atomic E-state index is 0.485. The van der Waals surface area contributed by atoms with Crippen LogP contribution in [-0.4, -0.2) is 9.78 Å². The van der Waals surface area contributed by atoms with Gasteiger partial charge in [0, 0.05) is 12.1 Å². The van der Waals surface area contributed by atoms with E-state index in [9.17, 15) is 0 Å². The van der Waals surface area contributed by atoms with E-state index in [1.54, 1.807) is 6.20 Å². The molecule has 0 radical (unpaired) electrons. The van der Waals surface area contributed by atoms with Crippen LogP contribution in [0.2, 0.25) is 0 Å². The van der Waals surface area contributed by atoms with Crippen LogP contribution in [0.3, 0.4) is 0 Å². The normalized spacial score (nSPS) is 17.8. The van der Waals surface area contributed by atoms with E-state index in [-0.39, 0.29) is 0 Å². The van der Waals surface area contributed by atoms with E-state index in [0.29, 0.717) is 12.6 Å². The third-order valence-electron chi connectivity index (χ3n) is 2.55. The van der Waals surface area contributed by atoms with E-state index in [0.717, 1.165) is 11.4 Å². The van der Waals surface area contributed by atoms with Crippen LogP contribution in [0, 0.1) is 0 Å². The molecule has 1 heterocycles. The summed E-state index contributed by atoms with van der Waals surface area (Å²) in [6.07, 6.45) is 5.47. The SMILES string of the molecule is NCc1cnn(C2CCC2)c1N. The van der Waals surface area contributed by atoms with Gasteiger partial charge in [-0.05, 0) is 19.3 Å². The summed E-state index contributed by atoms with van der Waals surface area (Å²) in [7, 11) is 0. The van der Waals surface area contributed by atoms with Crippen molar-refractivity contribution in [3.05, 3.63) is 11.8 Å². The highest BCUT2D eigenvalue weighted by atomic mass is 15.3. The minimum Gasteiger partial charge on any atom is -0.384 e. The molecule has 0 bridgehead atoms. The lowest BCUT2D eigenvalue weighted by atomic mass is 9.93. The number of nitrogen functional groups attached to an aromatic ring is 1. The number of nitrogens with two attached hydrogens (primary N) is 2. The van der Waals surface area contributed by atoms with E-state index < -0.39 is 0 Å². The molecule has 1 aromatic rings. The van der Waals surface area contributed by atoms with Crippen molar-refractivity contribution < 1.29 is 0 Å². The summed E-state index contributed by atoms with van der Waals surface area (Å²) in [6.45, 7) is 0.485. The molecule has 0 atom stereocenters. The van der Waals surface area contributed by atoms with Crippen LogP contribution >= 0.6 is 0 Å². The summed E-state index contributed by atoms with van der Waals surface area (Å²) >= 11 is 0. The Hall–Kier alpha value is -1.03. The lowest BCUT2D eigenvalue weighted by Crippen LogP contribution is -2.20. The summed E-state index contributed by atoms with van der Waals surface area (Å²) in [6, 6.07) is 0.533. The molecule has 12 heavy (non-hydrogen) atoms. The second-order valence-electron chi connectivity index (χ2n) is 3.29. The van der Waals surface area contributed by atoms with Gasteiger partial charge in [-0.2, -0.15) is 5.10 Å². The molecule has 2 rings (SSSR count). The summed E-state index contributed by atoms with van der Waals surface area (Å²) in [5, 5.41) is 4.22. The number of nitrogens with zero attached hydrogens (tertiary/aromatic N) is 2. The van der Waals surface area contributed by atoms with Gasteiger partial charge in [-0.15, -0.1) is 0 Å². The van der Waals surface area contributed by atoms with Crippen LogP contribution in [0.4, 0.5) is 5.82 Å². The van der Waals surface area contributed by atoms with Crippen molar-refractivity contribution in [2.75, 3.05) is 5.73 Å². The van der Waals surface area contributed by atoms with Gasteiger partial charge in [0.1, 0.15) is 5.82 Å². The third-order valence-corrected chi connectivity index (χ3v) is 2.55. The fourth-order valence-corrected chi connectivity index (χ4v) is 1.49. The Labute approximate surface area is 71.5 Å². The second-order valence-corrected chi connectivity index (χ2v) is 3.29. The zero-order chi connectivity index (χ0) is 8.55. The summed E-state index contributed by atoms with van der Waals surface area (Å²) in [5.41, 5.74) is 12.3. The molecule has 1 aliphatic rings. The quantitative estimate of drug-likeness (QED) is 0.677. The van der Waals surface area contributed by atoms with Crippen LogP contribution in [0.15, 0.2) is 6.20 Å². The van der Waals surface area contributed by atoms with E-state index in [1.807, 2.05) is 4.68 Å². The summed E-state index contributed by atoms with van der Waals surface area (Å²) in [4.78, 5) is 0. The number of hydrogen-bond acceptors (Lipinski definition) is 3. The number of aromatic nitrogens is 2. The maximum Gasteiger partial charge on any atom is 0.126 e. The summed E-state index contributed by atoms with van der Waals surface area (Å²) < 4.78 is 1.91. The van der Waals surface area contributed by atoms with Crippen molar-refractivity contribution in [1.29, 1.82) is 0 Å². The standard InChI is InChI=1S/C8H14N4/c9-4-6-5-11-12(8(6)10)7-2-1-3-7/h5,7H,1-4,9-10H2. The molecule has 1 saturated carbocycles. The fraction of sp³-hybridized carbons (Fsp3) is 0.625. The number of hydrogen-bond donors (Lipinski definition) is 2. The van der Waals surface area contributed by atoms with E-state index >= 15 is 0 Å². The van der Waals surface area contributed by atoms with Gasteiger partial charge in [-0.1, -0.05) is 0 Å². The topological polar surface area (TPSA) is 69.9 Å². The number of anilines is 1. The van der Waals surface area contributed by atoms with Crippen LogP contribution in [0.25, 0.3) is 0 Å². The molecule has 4 nitrogen and oxygen atoms in total. The first kappa shape index (κ1) is 7.61. The highest BCUT2D eigenvalue weighted by Crippen LogP contribution is 2.33. The predicted octanol–water partition coefficient (Wildman–Crippen LogP) is 0.649. The molecule has 0 spiro atoms. The fourth-order valence-electron chi connectivity index (χ4n) is 1.49. The Morgan fingerprint density at radius 3 is 2.75 bits per heavy atom. The first-order chi connectivity index (χ1) is 5.83. The Balaban J connectivity index is 2.25. The Bertz CT molecular complexity index is 275. The third kappa shape index (κ3) is 0.992. The predicted molar refractivity (Wildman–Crippen MR) is 47.4 cm³/mol.